The highest BCUT2D eigenvalue weighted by atomic mass is 16.3. The lowest BCUT2D eigenvalue weighted by atomic mass is 10.00. The maximum atomic E-state index is 12.7. The number of aliphatic hydroxyl groups is 4. The van der Waals surface area contributed by atoms with Crippen molar-refractivity contribution in [3.63, 3.8) is 0 Å². The first-order valence-electron chi connectivity index (χ1n) is 36.5. The summed E-state index contributed by atoms with van der Waals surface area (Å²) in [4.78, 5) is 12.7. The molecule has 478 valence electrons. The molecular weight excluding hydrogens is 995 g/mol. The Labute approximate surface area is 506 Å². The number of amides is 1. The third-order valence-corrected chi connectivity index (χ3v) is 17.2. The van der Waals surface area contributed by atoms with E-state index >= 15 is 0 Å². The molecule has 0 fully saturated rings. The Hall–Kier alpha value is -1.73. The second kappa shape index (κ2) is 69.0. The molecule has 0 rings (SSSR count). The molecule has 6 nitrogen and oxygen atoms in total. The summed E-state index contributed by atoms with van der Waals surface area (Å²) in [5.74, 6) is -0.594. The summed E-state index contributed by atoms with van der Waals surface area (Å²) < 4.78 is 0. The van der Waals surface area contributed by atoms with E-state index in [1.807, 2.05) is 0 Å². The molecule has 5 N–H and O–H groups in total. The molecule has 81 heavy (non-hydrogen) atoms. The van der Waals surface area contributed by atoms with Crippen molar-refractivity contribution >= 4 is 5.91 Å². The Morgan fingerprint density at radius 3 is 0.778 bits per heavy atom. The van der Waals surface area contributed by atoms with E-state index < -0.39 is 36.9 Å². The molecule has 0 radical (unpaired) electrons. The topological polar surface area (TPSA) is 110 Å². The summed E-state index contributed by atoms with van der Waals surface area (Å²) in [6.07, 6.45) is 91.2. The fourth-order valence-electron chi connectivity index (χ4n) is 11.6. The number of allylic oxidation sites excluding steroid dienone is 8. The van der Waals surface area contributed by atoms with Gasteiger partial charge in [0, 0.05) is 0 Å². The normalized spacial score (nSPS) is 13.7. The number of unbranched alkanes of at least 4 members (excludes halogenated alkanes) is 51. The third kappa shape index (κ3) is 62.6. The van der Waals surface area contributed by atoms with E-state index in [0.29, 0.717) is 19.3 Å². The van der Waals surface area contributed by atoms with Gasteiger partial charge in [-0.15, -0.1) is 0 Å². The minimum absolute atomic E-state index is 0.360. The highest BCUT2D eigenvalue weighted by molar-refractivity contribution is 5.80. The van der Waals surface area contributed by atoms with Crippen LogP contribution in [0.2, 0.25) is 0 Å². The Kier molecular flexibility index (Phi) is 67.6. The first-order chi connectivity index (χ1) is 40.0. The summed E-state index contributed by atoms with van der Waals surface area (Å²) in [6, 6.07) is -1.01. The number of rotatable bonds is 68. The van der Waals surface area contributed by atoms with Gasteiger partial charge in [0.25, 0.3) is 0 Å². The predicted octanol–water partition coefficient (Wildman–Crippen LogP) is 22.8. The van der Waals surface area contributed by atoms with Crippen LogP contribution in [0.1, 0.15) is 393 Å². The van der Waals surface area contributed by atoms with Crippen molar-refractivity contribution < 1.29 is 25.2 Å². The molecule has 0 spiro atoms. The number of carbonyl (C=O) groups excluding carboxylic acids is 1. The van der Waals surface area contributed by atoms with Gasteiger partial charge >= 0.3 is 0 Å². The zero-order chi connectivity index (χ0) is 58.7. The van der Waals surface area contributed by atoms with Crippen LogP contribution in [0.3, 0.4) is 0 Å². The van der Waals surface area contributed by atoms with E-state index in [1.54, 1.807) is 0 Å². The van der Waals surface area contributed by atoms with Gasteiger partial charge < -0.3 is 25.7 Å². The molecule has 0 bridgehead atoms. The quantitative estimate of drug-likeness (QED) is 0.0308. The van der Waals surface area contributed by atoms with Gasteiger partial charge in [-0.25, -0.2) is 0 Å². The fourth-order valence-corrected chi connectivity index (χ4v) is 11.6. The van der Waals surface area contributed by atoms with E-state index in [2.05, 4.69) is 67.8 Å². The van der Waals surface area contributed by atoms with Crippen LogP contribution < -0.4 is 5.32 Å². The molecule has 0 aromatic carbocycles. The molecule has 4 atom stereocenters. The van der Waals surface area contributed by atoms with E-state index in [1.165, 1.54) is 308 Å². The van der Waals surface area contributed by atoms with Crippen LogP contribution in [0.5, 0.6) is 0 Å². The Balaban J connectivity index is 3.58. The van der Waals surface area contributed by atoms with Crippen molar-refractivity contribution in [2.75, 3.05) is 6.61 Å². The molecule has 1 amide bonds. The van der Waals surface area contributed by atoms with E-state index in [0.717, 1.165) is 51.4 Å². The van der Waals surface area contributed by atoms with E-state index in [4.69, 9.17) is 0 Å². The van der Waals surface area contributed by atoms with Crippen molar-refractivity contribution in [2.45, 2.75) is 417 Å². The van der Waals surface area contributed by atoms with Crippen molar-refractivity contribution in [2.24, 2.45) is 0 Å². The Morgan fingerprint density at radius 1 is 0.296 bits per heavy atom. The standard InChI is InChI=1S/C75H143NO5/c1-3-5-7-9-11-13-15-17-19-21-23-25-27-29-31-32-33-34-35-36-37-38-39-40-41-43-45-47-49-51-53-55-57-59-61-63-65-67-69-73(79)75(81)76-71(70-77)74(80)72(78)68-66-64-62-60-58-56-54-52-50-48-46-44-42-30-28-26-24-22-20-18-16-14-12-10-8-6-4-2/h36-37,44,46,52,54,60,62,71-74,77-80H,3-35,38-43,45,47-51,53,55-59,61,63-70H2,1-2H3,(H,76,81)/b37-36-,46-44+,54-52+,62-60+. The van der Waals surface area contributed by atoms with Gasteiger partial charge in [0.2, 0.25) is 5.91 Å². The lowest BCUT2D eigenvalue weighted by Gasteiger charge is -2.27. The minimum Gasteiger partial charge on any atom is -0.394 e. The summed E-state index contributed by atoms with van der Waals surface area (Å²) in [5, 5.41) is 44.2. The first-order valence-corrected chi connectivity index (χ1v) is 36.5. The molecule has 0 aliphatic rings. The maximum Gasteiger partial charge on any atom is 0.249 e. The fraction of sp³-hybridized carbons (Fsp3) is 0.880. The average Bonchev–Trinajstić information content (AvgIpc) is 3.47. The number of aliphatic hydroxyl groups excluding tert-OH is 4. The second-order valence-corrected chi connectivity index (χ2v) is 25.3. The SMILES string of the molecule is CCCCCCCCCCCCCCCC/C=C/CC/C=C/CC/C=C/CCCC(O)C(O)C(CO)NC(=O)C(O)CCCCCCCCCCCCCCCCCC/C=C\CCCCCCCCCCCCCCCCCCCC. The van der Waals surface area contributed by atoms with Crippen LogP contribution in [-0.2, 0) is 4.79 Å². The number of hydrogen-bond donors (Lipinski definition) is 5. The maximum absolute atomic E-state index is 12.7. The van der Waals surface area contributed by atoms with Crippen LogP contribution in [0.4, 0.5) is 0 Å². The molecule has 0 aliphatic heterocycles. The van der Waals surface area contributed by atoms with Crippen molar-refractivity contribution in [3.05, 3.63) is 48.6 Å². The molecule has 0 saturated carbocycles. The van der Waals surface area contributed by atoms with Crippen LogP contribution in [0.15, 0.2) is 48.6 Å². The number of hydrogen-bond acceptors (Lipinski definition) is 5. The number of nitrogens with one attached hydrogen (secondary N) is 1. The van der Waals surface area contributed by atoms with Crippen molar-refractivity contribution in [1.82, 2.24) is 5.32 Å². The zero-order valence-electron chi connectivity index (χ0n) is 54.6. The summed E-state index contributed by atoms with van der Waals surface area (Å²) in [7, 11) is 0. The predicted molar refractivity (Wildman–Crippen MR) is 357 cm³/mol. The van der Waals surface area contributed by atoms with Gasteiger partial charge in [-0.3, -0.25) is 4.79 Å². The molecular formula is C75H143NO5. The monoisotopic (exact) mass is 1140 g/mol. The molecule has 0 aliphatic carbocycles. The Bertz CT molecular complexity index is 1330. The molecule has 0 heterocycles. The highest BCUT2D eigenvalue weighted by Gasteiger charge is 2.28. The molecule has 6 heteroatoms. The summed E-state index contributed by atoms with van der Waals surface area (Å²) in [6.45, 7) is 4.09. The van der Waals surface area contributed by atoms with Crippen LogP contribution in [0.25, 0.3) is 0 Å². The summed E-state index contributed by atoms with van der Waals surface area (Å²) >= 11 is 0. The molecule has 0 saturated heterocycles. The van der Waals surface area contributed by atoms with Crippen molar-refractivity contribution in [3.8, 4) is 0 Å². The smallest absolute Gasteiger partial charge is 0.249 e. The average molecular weight is 1140 g/mol. The third-order valence-electron chi connectivity index (χ3n) is 17.2. The van der Waals surface area contributed by atoms with Crippen LogP contribution in [-0.4, -0.2) is 57.3 Å². The van der Waals surface area contributed by atoms with Gasteiger partial charge in [-0.2, -0.15) is 0 Å². The molecule has 0 aromatic rings. The van der Waals surface area contributed by atoms with E-state index in [9.17, 15) is 25.2 Å². The zero-order valence-corrected chi connectivity index (χ0v) is 54.6. The lowest BCUT2D eigenvalue weighted by Crippen LogP contribution is -2.53. The van der Waals surface area contributed by atoms with Gasteiger partial charge in [-0.1, -0.05) is 351 Å². The van der Waals surface area contributed by atoms with Gasteiger partial charge in [0.05, 0.1) is 18.8 Å². The largest absolute Gasteiger partial charge is 0.394 e. The Morgan fingerprint density at radius 2 is 0.519 bits per heavy atom. The van der Waals surface area contributed by atoms with Crippen LogP contribution in [0, 0.1) is 0 Å². The van der Waals surface area contributed by atoms with Crippen LogP contribution >= 0.6 is 0 Å². The van der Waals surface area contributed by atoms with Gasteiger partial charge in [0.1, 0.15) is 12.2 Å². The molecule has 4 unspecified atom stereocenters. The number of carbonyl (C=O) groups is 1. The molecule has 0 aromatic heterocycles. The van der Waals surface area contributed by atoms with Gasteiger partial charge in [-0.05, 0) is 89.9 Å². The lowest BCUT2D eigenvalue weighted by molar-refractivity contribution is -0.132. The van der Waals surface area contributed by atoms with E-state index in [-0.39, 0.29) is 0 Å². The first kappa shape index (κ1) is 79.3. The highest BCUT2D eigenvalue weighted by Crippen LogP contribution is 2.19. The van der Waals surface area contributed by atoms with Gasteiger partial charge in [0.15, 0.2) is 0 Å². The second-order valence-electron chi connectivity index (χ2n) is 25.3. The summed E-state index contributed by atoms with van der Waals surface area (Å²) in [5.41, 5.74) is 0. The minimum atomic E-state index is -1.30. The van der Waals surface area contributed by atoms with Crippen molar-refractivity contribution in [1.29, 1.82) is 0 Å².